The van der Waals surface area contributed by atoms with E-state index in [4.69, 9.17) is 9.47 Å². The number of esters is 2. The molecule has 0 aliphatic heterocycles. The number of para-hydroxylation sites is 1. The number of carbonyl (C=O) groups excluding carboxylic acids is 2. The second kappa shape index (κ2) is 8.26. The van der Waals surface area contributed by atoms with Crippen LogP contribution >= 0.6 is 0 Å². The molecule has 0 radical (unpaired) electrons. The Balaban J connectivity index is 2.27. The fourth-order valence-corrected chi connectivity index (χ4v) is 2.31. The van der Waals surface area contributed by atoms with Gasteiger partial charge >= 0.3 is 11.9 Å². The monoisotopic (exact) mass is 327 g/mol. The largest absolute Gasteiger partial charge is 0.452 e. The summed E-state index contributed by atoms with van der Waals surface area (Å²) in [5, 5.41) is 3.10. The number of hydrogen-bond donors (Lipinski definition) is 1. The first kappa shape index (κ1) is 17.7. The van der Waals surface area contributed by atoms with Crippen LogP contribution in [-0.2, 0) is 9.53 Å². The van der Waals surface area contributed by atoms with Crippen LogP contribution in [0.3, 0.4) is 0 Å². The highest BCUT2D eigenvalue weighted by atomic mass is 16.6. The molecule has 0 fully saturated rings. The summed E-state index contributed by atoms with van der Waals surface area (Å²) in [6, 6.07) is 16.0. The SMILES string of the molecule is CN[C@@H](C)C(OC(=O)c1ccccc1OC(C)=O)c1ccccc1. The Morgan fingerprint density at radius 2 is 1.62 bits per heavy atom. The van der Waals surface area contributed by atoms with E-state index in [2.05, 4.69) is 5.32 Å². The molecular weight excluding hydrogens is 306 g/mol. The second-order valence-corrected chi connectivity index (χ2v) is 5.40. The molecule has 2 rings (SSSR count). The van der Waals surface area contributed by atoms with E-state index in [9.17, 15) is 9.59 Å². The molecule has 1 N–H and O–H groups in total. The number of ether oxygens (including phenoxy) is 2. The fraction of sp³-hybridized carbons (Fsp3) is 0.263. The molecule has 0 saturated carbocycles. The van der Waals surface area contributed by atoms with Gasteiger partial charge in [0, 0.05) is 13.0 Å². The van der Waals surface area contributed by atoms with Gasteiger partial charge in [0.1, 0.15) is 17.4 Å². The molecule has 2 aromatic carbocycles. The van der Waals surface area contributed by atoms with E-state index in [0.717, 1.165) is 5.56 Å². The lowest BCUT2D eigenvalue weighted by Crippen LogP contribution is -2.32. The summed E-state index contributed by atoms with van der Waals surface area (Å²) in [5.41, 5.74) is 1.11. The van der Waals surface area contributed by atoms with Crippen LogP contribution in [0.5, 0.6) is 5.75 Å². The molecule has 0 amide bonds. The van der Waals surface area contributed by atoms with E-state index in [1.54, 1.807) is 31.3 Å². The maximum absolute atomic E-state index is 12.6. The van der Waals surface area contributed by atoms with Gasteiger partial charge in [-0.3, -0.25) is 4.79 Å². The van der Waals surface area contributed by atoms with Crippen molar-refractivity contribution in [1.29, 1.82) is 0 Å². The molecule has 126 valence electrons. The Labute approximate surface area is 141 Å². The van der Waals surface area contributed by atoms with Crippen LogP contribution in [0.2, 0.25) is 0 Å². The van der Waals surface area contributed by atoms with Gasteiger partial charge in [-0.15, -0.1) is 0 Å². The molecule has 5 heteroatoms. The number of benzene rings is 2. The molecule has 0 bridgehead atoms. The number of likely N-dealkylation sites (N-methyl/N-ethyl adjacent to an activating group) is 1. The van der Waals surface area contributed by atoms with Crippen LogP contribution in [0.1, 0.15) is 35.9 Å². The number of carbonyl (C=O) groups is 2. The molecule has 0 aromatic heterocycles. The van der Waals surface area contributed by atoms with Crippen molar-refractivity contribution in [3.63, 3.8) is 0 Å². The lowest BCUT2D eigenvalue weighted by atomic mass is 10.0. The maximum atomic E-state index is 12.6. The molecule has 0 aliphatic carbocycles. The minimum atomic E-state index is -0.539. The molecule has 24 heavy (non-hydrogen) atoms. The zero-order chi connectivity index (χ0) is 17.5. The van der Waals surface area contributed by atoms with Crippen molar-refractivity contribution in [1.82, 2.24) is 5.32 Å². The second-order valence-electron chi connectivity index (χ2n) is 5.40. The topological polar surface area (TPSA) is 64.6 Å². The summed E-state index contributed by atoms with van der Waals surface area (Å²) in [6.07, 6.45) is -0.464. The summed E-state index contributed by atoms with van der Waals surface area (Å²) in [6.45, 7) is 3.22. The molecule has 0 spiro atoms. The van der Waals surface area contributed by atoms with Crippen molar-refractivity contribution in [2.75, 3.05) is 7.05 Å². The lowest BCUT2D eigenvalue weighted by molar-refractivity contribution is -0.131. The minimum absolute atomic E-state index is 0.0859. The highest BCUT2D eigenvalue weighted by Gasteiger charge is 2.25. The van der Waals surface area contributed by atoms with Gasteiger partial charge in [-0.25, -0.2) is 4.79 Å². The third-order valence-corrected chi connectivity index (χ3v) is 3.63. The average molecular weight is 327 g/mol. The quantitative estimate of drug-likeness (QED) is 0.652. The van der Waals surface area contributed by atoms with E-state index < -0.39 is 18.0 Å². The van der Waals surface area contributed by atoms with Crippen molar-refractivity contribution < 1.29 is 19.1 Å². The molecule has 1 unspecified atom stereocenters. The number of nitrogens with one attached hydrogen (secondary N) is 1. The van der Waals surface area contributed by atoms with Crippen molar-refractivity contribution in [2.24, 2.45) is 0 Å². The van der Waals surface area contributed by atoms with Gasteiger partial charge in [-0.2, -0.15) is 0 Å². The predicted octanol–water partition coefficient (Wildman–Crippen LogP) is 3.12. The Morgan fingerprint density at radius 3 is 2.25 bits per heavy atom. The maximum Gasteiger partial charge on any atom is 0.342 e. The van der Waals surface area contributed by atoms with Gasteiger partial charge in [0.05, 0.1) is 0 Å². The third kappa shape index (κ3) is 4.43. The van der Waals surface area contributed by atoms with Crippen LogP contribution in [0.15, 0.2) is 54.6 Å². The fourth-order valence-electron chi connectivity index (χ4n) is 2.31. The first-order valence-corrected chi connectivity index (χ1v) is 7.73. The normalized spacial score (nSPS) is 13.0. The van der Waals surface area contributed by atoms with E-state index in [1.807, 2.05) is 37.3 Å². The van der Waals surface area contributed by atoms with Crippen molar-refractivity contribution >= 4 is 11.9 Å². The zero-order valence-corrected chi connectivity index (χ0v) is 14.0. The van der Waals surface area contributed by atoms with Crippen molar-refractivity contribution in [3.8, 4) is 5.75 Å². The Hall–Kier alpha value is -2.66. The van der Waals surface area contributed by atoms with E-state index >= 15 is 0 Å². The number of hydrogen-bond acceptors (Lipinski definition) is 5. The van der Waals surface area contributed by atoms with Crippen LogP contribution in [0.25, 0.3) is 0 Å². The molecule has 0 aliphatic rings. The van der Waals surface area contributed by atoms with Gasteiger partial charge in [-0.05, 0) is 31.7 Å². The first-order chi connectivity index (χ1) is 11.5. The van der Waals surface area contributed by atoms with E-state index in [-0.39, 0.29) is 17.4 Å². The highest BCUT2D eigenvalue weighted by molar-refractivity contribution is 5.93. The van der Waals surface area contributed by atoms with Gasteiger partial charge in [0.2, 0.25) is 0 Å². The van der Waals surface area contributed by atoms with Crippen molar-refractivity contribution in [3.05, 3.63) is 65.7 Å². The zero-order valence-electron chi connectivity index (χ0n) is 14.0. The Morgan fingerprint density at radius 1 is 1.00 bits per heavy atom. The van der Waals surface area contributed by atoms with Crippen molar-refractivity contribution in [2.45, 2.75) is 26.0 Å². The summed E-state index contributed by atoms with van der Waals surface area (Å²) in [5.74, 6) is -0.833. The lowest BCUT2D eigenvalue weighted by Gasteiger charge is -2.24. The number of rotatable bonds is 6. The summed E-state index contributed by atoms with van der Waals surface area (Å²) in [4.78, 5) is 23.8. The van der Waals surface area contributed by atoms with Crippen LogP contribution in [0.4, 0.5) is 0 Å². The Kier molecular flexibility index (Phi) is 6.09. The highest BCUT2D eigenvalue weighted by Crippen LogP contribution is 2.26. The Bertz CT molecular complexity index is 700. The average Bonchev–Trinajstić information content (AvgIpc) is 2.59. The summed E-state index contributed by atoms with van der Waals surface area (Å²) in [7, 11) is 1.81. The molecular formula is C19H21NO4. The summed E-state index contributed by atoms with van der Waals surface area (Å²) < 4.78 is 10.8. The molecule has 2 aromatic rings. The van der Waals surface area contributed by atoms with E-state index in [1.165, 1.54) is 6.92 Å². The van der Waals surface area contributed by atoms with E-state index in [0.29, 0.717) is 0 Å². The molecule has 0 heterocycles. The van der Waals surface area contributed by atoms with Crippen LogP contribution in [-0.4, -0.2) is 25.0 Å². The third-order valence-electron chi connectivity index (χ3n) is 3.63. The standard InChI is InChI=1S/C19H21NO4/c1-13(20-3)18(15-9-5-4-6-10-15)24-19(22)16-11-7-8-12-17(16)23-14(2)21/h4-13,18,20H,1-3H3/t13-,18?/m0/s1. The summed E-state index contributed by atoms with van der Waals surface area (Å²) >= 11 is 0. The smallest absolute Gasteiger partial charge is 0.342 e. The minimum Gasteiger partial charge on any atom is -0.452 e. The predicted molar refractivity (Wildman–Crippen MR) is 90.9 cm³/mol. The van der Waals surface area contributed by atoms with Gasteiger partial charge in [0.25, 0.3) is 0 Å². The molecule has 0 saturated heterocycles. The van der Waals surface area contributed by atoms with Crippen LogP contribution in [0, 0.1) is 0 Å². The molecule has 5 nitrogen and oxygen atoms in total. The molecule has 2 atom stereocenters. The van der Waals surface area contributed by atoms with Gasteiger partial charge in [0.15, 0.2) is 0 Å². The van der Waals surface area contributed by atoms with Gasteiger partial charge < -0.3 is 14.8 Å². The van der Waals surface area contributed by atoms with Gasteiger partial charge in [-0.1, -0.05) is 42.5 Å². The van der Waals surface area contributed by atoms with Crippen LogP contribution < -0.4 is 10.1 Å². The first-order valence-electron chi connectivity index (χ1n) is 7.73.